The molecule has 1 saturated heterocycles. The molecule has 0 radical (unpaired) electrons. The van der Waals surface area contributed by atoms with E-state index in [2.05, 4.69) is 38.2 Å². The Morgan fingerprint density at radius 3 is 2.94 bits per heavy atom. The van der Waals surface area contributed by atoms with Gasteiger partial charge in [-0.3, -0.25) is 0 Å². The highest BCUT2D eigenvalue weighted by atomic mass is 16.5. The molecule has 1 aromatic carbocycles. The minimum atomic E-state index is -0.476. The summed E-state index contributed by atoms with van der Waals surface area (Å²) in [5.41, 5.74) is 4.55. The van der Waals surface area contributed by atoms with Gasteiger partial charge in [0.25, 0.3) is 0 Å². The maximum absolute atomic E-state index is 10.0. The second kappa shape index (κ2) is 8.84. The minimum Gasteiger partial charge on any atom is -0.495 e. The van der Waals surface area contributed by atoms with Crippen LogP contribution in [0.15, 0.2) is 36.7 Å². The molecule has 4 heterocycles. The lowest BCUT2D eigenvalue weighted by Crippen LogP contribution is -2.45. The Labute approximate surface area is 191 Å². The van der Waals surface area contributed by atoms with Crippen LogP contribution in [0.25, 0.3) is 22.1 Å². The van der Waals surface area contributed by atoms with E-state index < -0.39 is 6.10 Å². The molecule has 9 heteroatoms. The molecule has 0 aliphatic carbocycles. The number of nitrogens with zero attached hydrogens (tertiary/aromatic N) is 4. The fourth-order valence-corrected chi connectivity index (χ4v) is 4.53. The molecule has 5 rings (SSSR count). The number of fused-ring (bicyclic) bond motifs is 2. The highest BCUT2D eigenvalue weighted by Crippen LogP contribution is 2.30. The van der Waals surface area contributed by atoms with E-state index in [4.69, 9.17) is 9.72 Å². The topological polar surface area (TPSA) is 119 Å². The van der Waals surface area contributed by atoms with Gasteiger partial charge in [0, 0.05) is 37.1 Å². The van der Waals surface area contributed by atoms with E-state index in [1.54, 1.807) is 13.3 Å². The van der Waals surface area contributed by atoms with Crippen LogP contribution in [0.2, 0.25) is 0 Å². The molecule has 0 bridgehead atoms. The molecule has 0 saturated carbocycles. The predicted octanol–water partition coefficient (Wildman–Crippen LogP) is 2.61. The number of aromatic nitrogens is 4. The number of aliphatic hydroxyl groups is 2. The van der Waals surface area contributed by atoms with Gasteiger partial charge in [0.2, 0.25) is 0 Å². The number of nitrogens with one attached hydrogen (secondary N) is 2. The van der Waals surface area contributed by atoms with Crippen molar-refractivity contribution in [2.24, 2.45) is 5.92 Å². The van der Waals surface area contributed by atoms with Crippen LogP contribution in [0.5, 0.6) is 5.75 Å². The number of rotatable bonds is 6. The largest absolute Gasteiger partial charge is 0.495 e. The fraction of sp³-hybridized carbons (Fsp3) is 0.375. The van der Waals surface area contributed by atoms with Crippen molar-refractivity contribution in [3.8, 4) is 5.75 Å². The maximum atomic E-state index is 10.0. The number of piperidine rings is 1. The van der Waals surface area contributed by atoms with Gasteiger partial charge in [-0.15, -0.1) is 0 Å². The van der Waals surface area contributed by atoms with Crippen molar-refractivity contribution in [1.29, 1.82) is 0 Å². The lowest BCUT2D eigenvalue weighted by molar-refractivity contribution is 0.0524. The number of aliphatic hydroxyl groups excluding tert-OH is 2. The van der Waals surface area contributed by atoms with Gasteiger partial charge in [-0.05, 0) is 42.7 Å². The summed E-state index contributed by atoms with van der Waals surface area (Å²) in [6, 6.07) is 7.84. The molecular weight excluding hydrogens is 420 g/mol. The van der Waals surface area contributed by atoms with Crippen molar-refractivity contribution in [3.63, 3.8) is 0 Å². The Kier molecular flexibility index (Phi) is 5.74. The van der Waals surface area contributed by atoms with Gasteiger partial charge in [-0.2, -0.15) is 0 Å². The zero-order chi connectivity index (χ0) is 22.9. The zero-order valence-corrected chi connectivity index (χ0v) is 18.7. The average Bonchev–Trinajstić information content (AvgIpc) is 3.24. The highest BCUT2D eigenvalue weighted by Gasteiger charge is 2.28. The Hall–Kier alpha value is -3.43. The first-order chi connectivity index (χ1) is 16.1. The van der Waals surface area contributed by atoms with E-state index >= 15 is 0 Å². The van der Waals surface area contributed by atoms with Crippen LogP contribution in [-0.2, 0) is 6.54 Å². The standard InChI is InChI=1S/C24H28N6O3/c1-14-9-27-23-19(33-2)5-3-15(22(14)23)10-26-20-11-25-17-4-6-21(29-24(17)28-20)30-8-7-18(32)16(12-30)13-31/h3-6,9,11,16,18,27,31-32H,7-8,10,12-13H2,1-2H3,(H,26,28,29)/t16-,18-/m1/s1. The molecule has 2 atom stereocenters. The number of H-pyrrole nitrogens is 1. The second-order valence-corrected chi connectivity index (χ2v) is 8.51. The normalized spacial score (nSPS) is 18.7. The van der Waals surface area contributed by atoms with Crippen molar-refractivity contribution in [2.75, 3.05) is 37.0 Å². The zero-order valence-electron chi connectivity index (χ0n) is 18.7. The van der Waals surface area contributed by atoms with Crippen LogP contribution in [0, 0.1) is 12.8 Å². The maximum Gasteiger partial charge on any atom is 0.182 e. The Morgan fingerprint density at radius 2 is 2.12 bits per heavy atom. The summed E-state index contributed by atoms with van der Waals surface area (Å²) in [5, 5.41) is 24.1. The lowest BCUT2D eigenvalue weighted by Gasteiger charge is -2.36. The van der Waals surface area contributed by atoms with Gasteiger partial charge in [0.15, 0.2) is 5.65 Å². The van der Waals surface area contributed by atoms with Gasteiger partial charge >= 0.3 is 0 Å². The number of hydrogen-bond donors (Lipinski definition) is 4. The number of aryl methyl sites for hydroxylation is 1. The van der Waals surface area contributed by atoms with Gasteiger partial charge in [0.1, 0.15) is 22.9 Å². The highest BCUT2D eigenvalue weighted by molar-refractivity contribution is 5.91. The van der Waals surface area contributed by atoms with E-state index in [-0.39, 0.29) is 12.5 Å². The number of benzene rings is 1. The van der Waals surface area contributed by atoms with Gasteiger partial charge < -0.3 is 30.2 Å². The van der Waals surface area contributed by atoms with Crippen molar-refractivity contribution < 1.29 is 14.9 Å². The van der Waals surface area contributed by atoms with Crippen LogP contribution < -0.4 is 15.0 Å². The Morgan fingerprint density at radius 1 is 1.24 bits per heavy atom. The molecule has 1 aliphatic heterocycles. The molecule has 33 heavy (non-hydrogen) atoms. The first-order valence-corrected chi connectivity index (χ1v) is 11.1. The van der Waals surface area contributed by atoms with Crippen molar-refractivity contribution in [2.45, 2.75) is 26.0 Å². The molecule has 4 aromatic rings. The summed E-state index contributed by atoms with van der Waals surface area (Å²) >= 11 is 0. The minimum absolute atomic E-state index is 0.0433. The first-order valence-electron chi connectivity index (χ1n) is 11.1. The number of hydrogen-bond acceptors (Lipinski definition) is 8. The van der Waals surface area contributed by atoms with Gasteiger partial charge in [-0.1, -0.05) is 6.07 Å². The van der Waals surface area contributed by atoms with Crippen molar-refractivity contribution in [3.05, 3.63) is 47.8 Å². The van der Waals surface area contributed by atoms with E-state index in [9.17, 15) is 10.2 Å². The fourth-order valence-electron chi connectivity index (χ4n) is 4.53. The summed E-state index contributed by atoms with van der Waals surface area (Å²) in [5.74, 6) is 2.07. The van der Waals surface area contributed by atoms with Gasteiger partial charge in [0.05, 0.1) is 31.5 Å². The monoisotopic (exact) mass is 448 g/mol. The number of aromatic amines is 1. The molecule has 9 nitrogen and oxygen atoms in total. The van der Waals surface area contributed by atoms with E-state index in [1.807, 2.05) is 24.4 Å². The van der Waals surface area contributed by atoms with E-state index in [0.717, 1.165) is 33.6 Å². The number of anilines is 2. The molecule has 0 unspecified atom stereocenters. The first kappa shape index (κ1) is 21.4. The second-order valence-electron chi connectivity index (χ2n) is 8.51. The SMILES string of the molecule is COc1ccc(CNc2cnc3ccc(N4CC[C@@H](O)[C@@H](CO)C4)nc3n2)c2c(C)c[nH]c12. The summed E-state index contributed by atoms with van der Waals surface area (Å²) in [7, 11) is 1.67. The number of methoxy groups -OCH3 is 1. The molecule has 172 valence electrons. The van der Waals surface area contributed by atoms with Crippen LogP contribution in [0.3, 0.4) is 0 Å². The average molecular weight is 449 g/mol. The molecule has 3 aromatic heterocycles. The Bertz CT molecular complexity index is 1290. The smallest absolute Gasteiger partial charge is 0.182 e. The van der Waals surface area contributed by atoms with Crippen LogP contribution >= 0.6 is 0 Å². The van der Waals surface area contributed by atoms with Gasteiger partial charge in [-0.25, -0.2) is 15.0 Å². The Balaban J connectivity index is 1.38. The molecule has 0 spiro atoms. The summed E-state index contributed by atoms with van der Waals surface area (Å²) in [6.07, 6.45) is 3.83. The summed E-state index contributed by atoms with van der Waals surface area (Å²) in [6.45, 7) is 3.86. The molecule has 1 fully saturated rings. The third kappa shape index (κ3) is 4.05. The third-order valence-corrected chi connectivity index (χ3v) is 6.41. The quantitative estimate of drug-likeness (QED) is 0.355. The summed E-state index contributed by atoms with van der Waals surface area (Å²) < 4.78 is 5.47. The van der Waals surface area contributed by atoms with Crippen LogP contribution in [-0.4, -0.2) is 63.1 Å². The lowest BCUT2D eigenvalue weighted by atomic mass is 9.95. The van der Waals surface area contributed by atoms with Crippen molar-refractivity contribution >= 4 is 33.7 Å². The van der Waals surface area contributed by atoms with Crippen molar-refractivity contribution in [1.82, 2.24) is 19.9 Å². The molecule has 0 amide bonds. The molecule has 4 N–H and O–H groups in total. The number of pyridine rings is 1. The van der Waals surface area contributed by atoms with Crippen LogP contribution in [0.4, 0.5) is 11.6 Å². The van der Waals surface area contributed by atoms with E-state index in [1.165, 1.54) is 0 Å². The summed E-state index contributed by atoms with van der Waals surface area (Å²) in [4.78, 5) is 19.3. The number of ether oxygens (including phenoxy) is 1. The van der Waals surface area contributed by atoms with E-state index in [0.29, 0.717) is 43.0 Å². The predicted molar refractivity (Wildman–Crippen MR) is 128 cm³/mol. The third-order valence-electron chi connectivity index (χ3n) is 6.41. The molecular formula is C24H28N6O3. The molecule has 1 aliphatic rings. The van der Waals surface area contributed by atoms with Crippen LogP contribution in [0.1, 0.15) is 17.5 Å².